The fourth-order valence-corrected chi connectivity index (χ4v) is 2.34. The number of aromatic carboxylic acids is 1. The van der Waals surface area contributed by atoms with E-state index in [9.17, 15) is 19.7 Å². The summed E-state index contributed by atoms with van der Waals surface area (Å²) < 4.78 is 10.3. The second-order valence-electron chi connectivity index (χ2n) is 4.40. The third kappa shape index (κ3) is 2.55. The molecule has 106 valence electrons. The summed E-state index contributed by atoms with van der Waals surface area (Å²) in [5.41, 5.74) is 0.503. The van der Waals surface area contributed by atoms with E-state index in [2.05, 4.69) is 5.32 Å². The Morgan fingerprint density at radius 2 is 2.40 bits per heavy atom. The second-order valence-corrected chi connectivity index (χ2v) is 4.40. The van der Waals surface area contributed by atoms with Crippen LogP contribution in [0.3, 0.4) is 0 Å². The summed E-state index contributed by atoms with van der Waals surface area (Å²) in [5, 5.41) is 21.5. The van der Waals surface area contributed by atoms with E-state index in [1.807, 2.05) is 0 Å². The number of nitrogens with one attached hydrogen (secondary N) is 1. The SMILES string of the molecule is COc1ccc2c(c1C(=O)O)OB(O)CC2CNC=O. The maximum absolute atomic E-state index is 11.4. The van der Waals surface area contributed by atoms with Crippen LogP contribution in [0.25, 0.3) is 0 Å². The molecule has 1 aliphatic rings. The number of carbonyl (C=O) groups is 2. The van der Waals surface area contributed by atoms with Crippen LogP contribution in [-0.4, -0.2) is 43.3 Å². The van der Waals surface area contributed by atoms with Gasteiger partial charge in [-0.15, -0.1) is 0 Å². The molecular formula is C12H14BNO6. The van der Waals surface area contributed by atoms with Gasteiger partial charge in [-0.05, 0) is 11.6 Å². The quantitative estimate of drug-likeness (QED) is 0.521. The first kappa shape index (κ1) is 14.2. The van der Waals surface area contributed by atoms with Gasteiger partial charge in [0, 0.05) is 18.8 Å². The Balaban J connectivity index is 2.50. The topological polar surface area (TPSA) is 105 Å². The van der Waals surface area contributed by atoms with Crippen molar-refractivity contribution in [1.82, 2.24) is 5.32 Å². The zero-order chi connectivity index (χ0) is 14.7. The van der Waals surface area contributed by atoms with Crippen molar-refractivity contribution in [2.75, 3.05) is 13.7 Å². The Kier molecular flexibility index (Phi) is 4.14. The standard InChI is InChI=1S/C12H14BNO6/c1-19-9-3-2-8-7(5-14-6-15)4-13(18)20-11(8)10(9)12(16)17/h2-3,6-7,18H,4-5H2,1H3,(H,14,15)(H,16,17). The lowest BCUT2D eigenvalue weighted by Gasteiger charge is -2.29. The molecule has 0 bridgehead atoms. The summed E-state index contributed by atoms with van der Waals surface area (Å²) in [6.07, 6.45) is 0.836. The number of carboxylic acid groups (broad SMARTS) is 1. The van der Waals surface area contributed by atoms with Gasteiger partial charge in [-0.2, -0.15) is 0 Å². The van der Waals surface area contributed by atoms with Crippen LogP contribution in [-0.2, 0) is 4.79 Å². The number of benzene rings is 1. The third-order valence-corrected chi connectivity index (χ3v) is 3.21. The number of fused-ring (bicyclic) bond motifs is 1. The summed E-state index contributed by atoms with van der Waals surface area (Å²) >= 11 is 0. The highest BCUT2D eigenvalue weighted by Crippen LogP contribution is 2.41. The van der Waals surface area contributed by atoms with Gasteiger partial charge in [0.1, 0.15) is 17.1 Å². The third-order valence-electron chi connectivity index (χ3n) is 3.21. The predicted octanol–water partition coefficient (Wildman–Crippen LogP) is 0.0959. The van der Waals surface area contributed by atoms with Gasteiger partial charge in [-0.3, -0.25) is 4.79 Å². The number of ether oxygens (including phenoxy) is 1. The van der Waals surface area contributed by atoms with Crippen molar-refractivity contribution in [2.24, 2.45) is 0 Å². The van der Waals surface area contributed by atoms with Crippen LogP contribution in [0.2, 0.25) is 6.32 Å². The largest absolute Gasteiger partial charge is 0.535 e. The minimum absolute atomic E-state index is 0.0910. The van der Waals surface area contributed by atoms with E-state index in [4.69, 9.17) is 9.39 Å². The monoisotopic (exact) mass is 279 g/mol. The van der Waals surface area contributed by atoms with Gasteiger partial charge in [-0.1, -0.05) is 6.07 Å². The van der Waals surface area contributed by atoms with Crippen LogP contribution in [0, 0.1) is 0 Å². The lowest BCUT2D eigenvalue weighted by molar-refractivity contribution is -0.109. The van der Waals surface area contributed by atoms with E-state index >= 15 is 0 Å². The number of carboxylic acids is 1. The van der Waals surface area contributed by atoms with Crippen molar-refractivity contribution in [2.45, 2.75) is 12.2 Å². The number of hydrogen-bond acceptors (Lipinski definition) is 5. The minimum Gasteiger partial charge on any atom is -0.535 e. The van der Waals surface area contributed by atoms with Crippen LogP contribution in [0.5, 0.6) is 11.5 Å². The van der Waals surface area contributed by atoms with Gasteiger partial charge in [-0.25, -0.2) is 4.79 Å². The zero-order valence-corrected chi connectivity index (χ0v) is 10.8. The summed E-state index contributed by atoms with van der Waals surface area (Å²) in [6.45, 7) is 0.294. The molecule has 3 N–H and O–H groups in total. The molecule has 1 aliphatic heterocycles. The Morgan fingerprint density at radius 1 is 1.65 bits per heavy atom. The zero-order valence-electron chi connectivity index (χ0n) is 10.8. The summed E-state index contributed by atoms with van der Waals surface area (Å²) in [5.74, 6) is -1.17. The van der Waals surface area contributed by atoms with Gasteiger partial charge in [0.05, 0.1) is 7.11 Å². The number of amides is 1. The van der Waals surface area contributed by atoms with E-state index < -0.39 is 13.1 Å². The highest BCUT2D eigenvalue weighted by atomic mass is 16.5. The Morgan fingerprint density at radius 3 is 3.00 bits per heavy atom. The van der Waals surface area contributed by atoms with Gasteiger partial charge >= 0.3 is 13.1 Å². The van der Waals surface area contributed by atoms with E-state index in [0.717, 1.165) is 0 Å². The first-order valence-electron chi connectivity index (χ1n) is 6.04. The maximum Gasteiger partial charge on any atom is 0.523 e. The van der Waals surface area contributed by atoms with Gasteiger partial charge in [0.15, 0.2) is 0 Å². The molecule has 0 saturated carbocycles. The Bertz CT molecular complexity index is 535. The van der Waals surface area contributed by atoms with Gasteiger partial charge in [0.25, 0.3) is 0 Å². The van der Waals surface area contributed by atoms with Crippen molar-refractivity contribution in [3.63, 3.8) is 0 Å². The van der Waals surface area contributed by atoms with Crippen molar-refractivity contribution in [3.05, 3.63) is 23.3 Å². The normalized spacial score (nSPS) is 16.9. The molecule has 1 amide bonds. The van der Waals surface area contributed by atoms with E-state index in [-0.39, 0.29) is 29.3 Å². The molecule has 1 atom stereocenters. The van der Waals surface area contributed by atoms with Crippen molar-refractivity contribution < 1.29 is 29.1 Å². The predicted molar refractivity (Wildman–Crippen MR) is 70.2 cm³/mol. The fourth-order valence-electron chi connectivity index (χ4n) is 2.34. The maximum atomic E-state index is 11.4. The van der Waals surface area contributed by atoms with Gasteiger partial charge in [0.2, 0.25) is 6.41 Å². The van der Waals surface area contributed by atoms with Crippen molar-refractivity contribution in [3.8, 4) is 11.5 Å². The Labute approximate surface area is 115 Å². The molecular weight excluding hydrogens is 265 g/mol. The molecule has 2 rings (SSSR count). The molecule has 0 radical (unpaired) electrons. The van der Waals surface area contributed by atoms with E-state index in [0.29, 0.717) is 18.5 Å². The summed E-state index contributed by atoms with van der Waals surface area (Å²) in [6, 6.07) is 3.22. The molecule has 20 heavy (non-hydrogen) atoms. The van der Waals surface area contributed by atoms with Crippen LogP contribution < -0.4 is 14.7 Å². The number of rotatable bonds is 5. The highest BCUT2D eigenvalue weighted by molar-refractivity contribution is 6.44. The molecule has 0 aromatic heterocycles. The van der Waals surface area contributed by atoms with Crippen LogP contribution in [0.15, 0.2) is 12.1 Å². The molecule has 0 saturated heterocycles. The molecule has 8 heteroatoms. The minimum atomic E-state index is -1.20. The van der Waals surface area contributed by atoms with Gasteiger partial charge < -0.3 is 24.8 Å². The van der Waals surface area contributed by atoms with Crippen LogP contribution in [0.1, 0.15) is 21.8 Å². The average Bonchev–Trinajstić information content (AvgIpc) is 2.42. The van der Waals surface area contributed by atoms with Crippen LogP contribution in [0.4, 0.5) is 0 Å². The van der Waals surface area contributed by atoms with Crippen molar-refractivity contribution >= 4 is 19.5 Å². The van der Waals surface area contributed by atoms with E-state index in [1.165, 1.54) is 13.2 Å². The fraction of sp³-hybridized carbons (Fsp3) is 0.333. The number of carbonyl (C=O) groups excluding carboxylic acids is 1. The first-order chi connectivity index (χ1) is 9.58. The molecule has 7 nitrogen and oxygen atoms in total. The molecule has 0 spiro atoms. The molecule has 1 heterocycles. The average molecular weight is 279 g/mol. The Hall–Kier alpha value is -2.22. The molecule has 1 aromatic rings. The van der Waals surface area contributed by atoms with Crippen LogP contribution >= 0.6 is 0 Å². The highest BCUT2D eigenvalue weighted by Gasteiger charge is 2.35. The summed E-state index contributed by atoms with van der Waals surface area (Å²) in [7, 11) is 0.241. The summed E-state index contributed by atoms with van der Waals surface area (Å²) in [4.78, 5) is 21.8. The first-order valence-corrected chi connectivity index (χ1v) is 6.04. The molecule has 0 fully saturated rings. The number of hydrogen-bond donors (Lipinski definition) is 3. The lowest BCUT2D eigenvalue weighted by atomic mass is 9.71. The lowest BCUT2D eigenvalue weighted by Crippen LogP contribution is -2.34. The number of methoxy groups -OCH3 is 1. The van der Waals surface area contributed by atoms with Crippen molar-refractivity contribution in [1.29, 1.82) is 0 Å². The molecule has 1 aromatic carbocycles. The molecule has 1 unspecified atom stereocenters. The molecule has 0 aliphatic carbocycles. The van der Waals surface area contributed by atoms with E-state index in [1.54, 1.807) is 6.07 Å². The second kappa shape index (κ2) is 5.83. The smallest absolute Gasteiger partial charge is 0.523 e.